The quantitative estimate of drug-likeness (QED) is 0.728. The normalized spacial score (nSPS) is 26.2. The zero-order valence-corrected chi connectivity index (χ0v) is 16.7. The van der Waals surface area contributed by atoms with Crippen LogP contribution >= 0.6 is 0 Å². The second kappa shape index (κ2) is 7.27. The third-order valence-electron chi connectivity index (χ3n) is 6.28. The standard InChI is InChI=1S/C19H25FN2O5S/c1-26-17-3-2-14(10-16(17)20)18(23)22-12-19(13-22)15(4-9-28(19,24)25)11-21-5-7-27-8-6-21/h2-3,10,15H,4-9,11-13H2,1H3. The second-order valence-electron chi connectivity index (χ2n) is 7.79. The van der Waals surface area contributed by atoms with Gasteiger partial charge in [-0.25, -0.2) is 12.8 Å². The van der Waals surface area contributed by atoms with E-state index in [2.05, 4.69) is 4.90 Å². The molecule has 0 radical (unpaired) electrons. The van der Waals surface area contributed by atoms with Crippen LogP contribution in [0.25, 0.3) is 0 Å². The minimum Gasteiger partial charge on any atom is -0.494 e. The summed E-state index contributed by atoms with van der Waals surface area (Å²) in [6, 6.07) is 4.05. The third kappa shape index (κ3) is 3.19. The number of amides is 1. The molecule has 0 N–H and O–H groups in total. The van der Waals surface area contributed by atoms with Crippen LogP contribution in [0.5, 0.6) is 5.75 Å². The molecule has 1 amide bonds. The number of halogens is 1. The van der Waals surface area contributed by atoms with Crippen molar-refractivity contribution in [3.05, 3.63) is 29.6 Å². The average Bonchev–Trinajstić information content (AvgIpc) is 2.91. The summed E-state index contributed by atoms with van der Waals surface area (Å²) in [6.45, 7) is 4.01. The van der Waals surface area contributed by atoms with Crippen LogP contribution in [-0.4, -0.2) is 87.7 Å². The van der Waals surface area contributed by atoms with E-state index in [1.807, 2.05) is 0 Å². The molecule has 1 unspecified atom stereocenters. The second-order valence-corrected chi connectivity index (χ2v) is 10.2. The summed E-state index contributed by atoms with van der Waals surface area (Å²) < 4.78 is 48.9. The first kappa shape index (κ1) is 19.6. The van der Waals surface area contributed by atoms with Gasteiger partial charge in [-0.2, -0.15) is 0 Å². The molecule has 3 fully saturated rings. The third-order valence-corrected chi connectivity index (χ3v) is 8.89. The van der Waals surface area contributed by atoms with E-state index in [0.717, 1.165) is 19.2 Å². The molecule has 7 nitrogen and oxygen atoms in total. The van der Waals surface area contributed by atoms with Gasteiger partial charge in [0.05, 0.1) is 26.1 Å². The van der Waals surface area contributed by atoms with E-state index in [0.29, 0.717) is 26.2 Å². The van der Waals surface area contributed by atoms with Gasteiger partial charge in [-0.1, -0.05) is 0 Å². The van der Waals surface area contributed by atoms with Gasteiger partial charge in [0.15, 0.2) is 21.4 Å². The highest BCUT2D eigenvalue weighted by molar-refractivity contribution is 7.93. The van der Waals surface area contributed by atoms with Crippen LogP contribution in [0.3, 0.4) is 0 Å². The van der Waals surface area contributed by atoms with Gasteiger partial charge >= 0.3 is 0 Å². The number of hydrogen-bond acceptors (Lipinski definition) is 6. The number of nitrogens with zero attached hydrogens (tertiary/aromatic N) is 2. The van der Waals surface area contributed by atoms with Crippen LogP contribution in [-0.2, 0) is 14.6 Å². The fourth-order valence-corrected chi connectivity index (χ4v) is 6.96. The molecule has 3 saturated heterocycles. The van der Waals surface area contributed by atoms with Gasteiger partial charge in [0.2, 0.25) is 0 Å². The van der Waals surface area contributed by atoms with E-state index in [4.69, 9.17) is 9.47 Å². The monoisotopic (exact) mass is 412 g/mol. The molecule has 0 bridgehead atoms. The largest absolute Gasteiger partial charge is 0.494 e. The number of hydrogen-bond donors (Lipinski definition) is 0. The Kier molecular flexibility index (Phi) is 5.09. The van der Waals surface area contributed by atoms with E-state index < -0.39 is 20.4 Å². The van der Waals surface area contributed by atoms with Crippen molar-refractivity contribution < 1.29 is 27.1 Å². The summed E-state index contributed by atoms with van der Waals surface area (Å²) in [5.74, 6) is -0.712. The SMILES string of the molecule is COc1ccc(C(=O)N2CC3(C2)C(CN2CCOCC2)CCS3(=O)=O)cc1F. The van der Waals surface area contributed by atoms with Crippen molar-refractivity contribution >= 4 is 15.7 Å². The van der Waals surface area contributed by atoms with Crippen molar-refractivity contribution in [2.24, 2.45) is 5.92 Å². The molecule has 1 aromatic carbocycles. The van der Waals surface area contributed by atoms with Crippen molar-refractivity contribution in [1.82, 2.24) is 9.80 Å². The lowest BCUT2D eigenvalue weighted by Gasteiger charge is -2.50. The lowest BCUT2D eigenvalue weighted by Crippen LogP contribution is -2.69. The van der Waals surface area contributed by atoms with Crippen LogP contribution in [0.1, 0.15) is 16.8 Å². The number of ether oxygens (including phenoxy) is 2. The minimum atomic E-state index is -3.26. The van der Waals surface area contributed by atoms with Gasteiger partial charge in [-0.15, -0.1) is 0 Å². The molecule has 4 rings (SSSR count). The Bertz CT molecular complexity index is 863. The van der Waals surface area contributed by atoms with Crippen molar-refractivity contribution in [2.45, 2.75) is 11.2 Å². The van der Waals surface area contributed by atoms with Gasteiger partial charge in [-0.05, 0) is 30.5 Å². The Morgan fingerprint density at radius 3 is 2.68 bits per heavy atom. The maximum Gasteiger partial charge on any atom is 0.254 e. The molecular weight excluding hydrogens is 387 g/mol. The van der Waals surface area contributed by atoms with Crippen molar-refractivity contribution in [3.63, 3.8) is 0 Å². The van der Waals surface area contributed by atoms with Crippen molar-refractivity contribution in [1.29, 1.82) is 0 Å². The predicted octanol–water partition coefficient (Wildman–Crippen LogP) is 0.796. The van der Waals surface area contributed by atoms with E-state index >= 15 is 0 Å². The van der Waals surface area contributed by atoms with Gasteiger partial charge in [0, 0.05) is 38.3 Å². The average molecular weight is 412 g/mol. The summed E-state index contributed by atoms with van der Waals surface area (Å²) in [5, 5.41) is 0. The Labute approximate surface area is 164 Å². The molecule has 3 aliphatic heterocycles. The molecule has 1 aromatic rings. The first-order valence-electron chi connectivity index (χ1n) is 9.51. The molecule has 3 aliphatic rings. The van der Waals surface area contributed by atoms with E-state index in [-0.39, 0.29) is 42.0 Å². The predicted molar refractivity (Wildman–Crippen MR) is 101 cm³/mol. The fourth-order valence-electron chi connectivity index (χ4n) is 4.55. The maximum atomic E-state index is 13.9. The lowest BCUT2D eigenvalue weighted by atomic mass is 9.82. The summed E-state index contributed by atoms with van der Waals surface area (Å²) in [6.07, 6.45) is 0.624. The number of rotatable bonds is 4. The number of likely N-dealkylation sites (tertiary alicyclic amines) is 1. The van der Waals surface area contributed by atoms with Crippen molar-refractivity contribution in [3.8, 4) is 5.75 Å². The molecule has 0 aromatic heterocycles. The topological polar surface area (TPSA) is 76.2 Å². The van der Waals surface area contributed by atoms with Crippen LogP contribution in [0.2, 0.25) is 0 Å². The molecule has 0 aliphatic carbocycles. The molecule has 3 heterocycles. The molecule has 154 valence electrons. The zero-order chi connectivity index (χ0) is 19.9. The highest BCUT2D eigenvalue weighted by atomic mass is 32.2. The van der Waals surface area contributed by atoms with Crippen molar-refractivity contribution in [2.75, 3.05) is 58.8 Å². The van der Waals surface area contributed by atoms with Gasteiger partial charge in [0.1, 0.15) is 4.75 Å². The van der Waals surface area contributed by atoms with E-state index in [1.54, 1.807) is 0 Å². The Balaban J connectivity index is 1.48. The summed E-state index contributed by atoms with van der Waals surface area (Å²) in [5.41, 5.74) is 0.202. The van der Waals surface area contributed by atoms with Gasteiger partial charge < -0.3 is 14.4 Å². The van der Waals surface area contributed by atoms with E-state index in [9.17, 15) is 17.6 Å². The highest BCUT2D eigenvalue weighted by Gasteiger charge is 2.62. The molecule has 28 heavy (non-hydrogen) atoms. The number of carbonyl (C=O) groups is 1. The molecule has 0 saturated carbocycles. The maximum absolute atomic E-state index is 13.9. The van der Waals surface area contributed by atoms with Crippen LogP contribution in [0.4, 0.5) is 4.39 Å². The molecule has 1 spiro atoms. The summed E-state index contributed by atoms with van der Waals surface area (Å²) in [7, 11) is -1.90. The lowest BCUT2D eigenvalue weighted by molar-refractivity contribution is 0.0140. The Hall–Kier alpha value is -1.71. The molecule has 9 heteroatoms. The summed E-state index contributed by atoms with van der Waals surface area (Å²) in [4.78, 5) is 16.5. The number of carbonyl (C=O) groups excluding carboxylic acids is 1. The van der Waals surface area contributed by atoms with E-state index in [1.165, 1.54) is 24.1 Å². The number of morpholine rings is 1. The fraction of sp³-hybridized carbons (Fsp3) is 0.632. The number of methoxy groups -OCH3 is 1. The van der Waals surface area contributed by atoms with Gasteiger partial charge in [0.25, 0.3) is 5.91 Å². The zero-order valence-electron chi connectivity index (χ0n) is 15.9. The Morgan fingerprint density at radius 2 is 2.04 bits per heavy atom. The van der Waals surface area contributed by atoms with Gasteiger partial charge in [-0.3, -0.25) is 9.69 Å². The minimum absolute atomic E-state index is 0.00672. The number of sulfone groups is 1. The number of benzene rings is 1. The summed E-state index contributed by atoms with van der Waals surface area (Å²) >= 11 is 0. The molecule has 1 atom stereocenters. The first-order valence-corrected chi connectivity index (χ1v) is 11.2. The smallest absolute Gasteiger partial charge is 0.254 e. The van der Waals surface area contributed by atoms with Crippen LogP contribution in [0.15, 0.2) is 18.2 Å². The van der Waals surface area contributed by atoms with Crippen LogP contribution < -0.4 is 4.74 Å². The highest BCUT2D eigenvalue weighted by Crippen LogP contribution is 2.45. The van der Waals surface area contributed by atoms with Crippen LogP contribution in [0, 0.1) is 11.7 Å². The Morgan fingerprint density at radius 1 is 1.32 bits per heavy atom. The molecular formula is C19H25FN2O5S. The first-order chi connectivity index (χ1) is 13.4.